The smallest absolute Gasteiger partial charge is 0.255 e. The zero-order valence-electron chi connectivity index (χ0n) is 13.1. The number of amides is 1. The van der Waals surface area contributed by atoms with Gasteiger partial charge < -0.3 is 14.8 Å². The van der Waals surface area contributed by atoms with E-state index in [2.05, 4.69) is 15.5 Å². The van der Waals surface area contributed by atoms with Crippen LogP contribution < -0.4 is 14.8 Å². The van der Waals surface area contributed by atoms with Gasteiger partial charge in [0, 0.05) is 12.1 Å². The Morgan fingerprint density at radius 2 is 1.96 bits per heavy atom. The third kappa shape index (κ3) is 3.03. The van der Waals surface area contributed by atoms with Gasteiger partial charge in [-0.1, -0.05) is 6.07 Å². The molecule has 3 aromatic rings. The first-order valence-corrected chi connectivity index (χ1v) is 7.67. The number of hydrogen-bond donors (Lipinski definition) is 2. The number of ether oxygens (including phenoxy) is 2. The maximum atomic E-state index is 13.1. The van der Waals surface area contributed by atoms with Gasteiger partial charge in [-0.2, -0.15) is 5.10 Å². The Morgan fingerprint density at radius 1 is 1.16 bits per heavy atom. The highest BCUT2D eigenvalue weighted by molar-refractivity contribution is 5.99. The summed E-state index contributed by atoms with van der Waals surface area (Å²) < 4.78 is 23.7. The van der Waals surface area contributed by atoms with E-state index in [1.807, 2.05) is 18.2 Å². The van der Waals surface area contributed by atoms with E-state index in [1.54, 1.807) is 12.1 Å². The molecular formula is C18H14FN3O3. The fourth-order valence-corrected chi connectivity index (χ4v) is 2.62. The zero-order chi connectivity index (χ0) is 17.2. The first kappa shape index (κ1) is 15.2. The predicted octanol–water partition coefficient (Wildman–Crippen LogP) is 2.87. The second-order valence-electron chi connectivity index (χ2n) is 5.54. The van der Waals surface area contributed by atoms with E-state index in [-0.39, 0.29) is 18.5 Å². The topological polar surface area (TPSA) is 76.2 Å². The lowest BCUT2D eigenvalue weighted by Gasteiger charge is -2.07. The average Bonchev–Trinajstić information content (AvgIpc) is 3.29. The van der Waals surface area contributed by atoms with E-state index in [4.69, 9.17) is 9.47 Å². The molecule has 1 aromatic heterocycles. The van der Waals surface area contributed by atoms with Crippen molar-refractivity contribution in [2.24, 2.45) is 0 Å². The van der Waals surface area contributed by atoms with E-state index in [9.17, 15) is 9.18 Å². The van der Waals surface area contributed by atoms with Gasteiger partial charge in [0.2, 0.25) is 6.79 Å². The first-order chi connectivity index (χ1) is 12.2. The lowest BCUT2D eigenvalue weighted by molar-refractivity contribution is 0.0951. The molecule has 1 aliphatic heterocycles. The van der Waals surface area contributed by atoms with E-state index in [0.29, 0.717) is 34.9 Å². The molecule has 0 fully saturated rings. The van der Waals surface area contributed by atoms with Gasteiger partial charge in [0.05, 0.1) is 17.5 Å². The number of carbonyl (C=O) groups excluding carboxylic acids is 1. The molecule has 0 aliphatic carbocycles. The van der Waals surface area contributed by atoms with Crippen LogP contribution in [0.25, 0.3) is 11.3 Å². The summed E-state index contributed by atoms with van der Waals surface area (Å²) in [6, 6.07) is 11.4. The summed E-state index contributed by atoms with van der Waals surface area (Å²) in [5.41, 5.74) is 2.52. The third-order valence-electron chi connectivity index (χ3n) is 3.91. The molecule has 2 heterocycles. The number of benzene rings is 2. The van der Waals surface area contributed by atoms with Crippen LogP contribution >= 0.6 is 0 Å². The van der Waals surface area contributed by atoms with Gasteiger partial charge in [-0.3, -0.25) is 9.89 Å². The van der Waals surface area contributed by atoms with Crippen LogP contribution in [-0.2, 0) is 6.54 Å². The van der Waals surface area contributed by atoms with Gasteiger partial charge in [0.25, 0.3) is 5.91 Å². The third-order valence-corrected chi connectivity index (χ3v) is 3.91. The quantitative estimate of drug-likeness (QED) is 0.766. The Hall–Kier alpha value is -3.35. The molecule has 0 saturated heterocycles. The monoisotopic (exact) mass is 339 g/mol. The van der Waals surface area contributed by atoms with Crippen LogP contribution in [0, 0.1) is 5.82 Å². The molecule has 4 rings (SSSR count). The highest BCUT2D eigenvalue weighted by Crippen LogP contribution is 2.32. The number of halogens is 1. The Morgan fingerprint density at radius 3 is 2.80 bits per heavy atom. The molecule has 0 atom stereocenters. The fourth-order valence-electron chi connectivity index (χ4n) is 2.62. The molecule has 126 valence electrons. The van der Waals surface area contributed by atoms with Gasteiger partial charge in [-0.15, -0.1) is 0 Å². The minimum atomic E-state index is -0.336. The van der Waals surface area contributed by atoms with Crippen molar-refractivity contribution < 1.29 is 18.7 Å². The number of rotatable bonds is 4. The number of aromatic amines is 1. The highest BCUT2D eigenvalue weighted by atomic mass is 19.1. The molecule has 7 heteroatoms. The first-order valence-electron chi connectivity index (χ1n) is 7.67. The van der Waals surface area contributed by atoms with E-state index < -0.39 is 0 Å². The Bertz CT molecular complexity index is 922. The summed E-state index contributed by atoms with van der Waals surface area (Å²) in [6.45, 7) is 0.546. The largest absolute Gasteiger partial charge is 0.454 e. The molecule has 2 N–H and O–H groups in total. The summed E-state index contributed by atoms with van der Waals surface area (Å²) in [5.74, 6) is 0.758. The van der Waals surface area contributed by atoms with Gasteiger partial charge in [-0.25, -0.2) is 4.39 Å². The Kier molecular flexibility index (Phi) is 3.81. The van der Waals surface area contributed by atoms with E-state index in [1.165, 1.54) is 18.3 Å². The Balaban J connectivity index is 1.49. The lowest BCUT2D eigenvalue weighted by atomic mass is 10.1. The number of hydrogen-bond acceptors (Lipinski definition) is 4. The molecule has 1 amide bonds. The van der Waals surface area contributed by atoms with Crippen LogP contribution in [0.5, 0.6) is 11.5 Å². The van der Waals surface area contributed by atoms with E-state index in [0.717, 1.165) is 5.56 Å². The van der Waals surface area contributed by atoms with Gasteiger partial charge in [0.1, 0.15) is 5.82 Å². The molecule has 0 radical (unpaired) electrons. The van der Waals surface area contributed by atoms with E-state index >= 15 is 0 Å². The van der Waals surface area contributed by atoms with Crippen LogP contribution in [0.2, 0.25) is 0 Å². The maximum Gasteiger partial charge on any atom is 0.255 e. The number of fused-ring (bicyclic) bond motifs is 1. The lowest BCUT2D eigenvalue weighted by Crippen LogP contribution is -2.22. The summed E-state index contributed by atoms with van der Waals surface area (Å²) in [5, 5.41) is 9.56. The number of carbonyl (C=O) groups is 1. The van der Waals surface area contributed by atoms with Crippen molar-refractivity contribution in [1.29, 1.82) is 0 Å². The van der Waals surface area contributed by atoms with Gasteiger partial charge >= 0.3 is 0 Å². The SMILES string of the molecule is O=C(NCc1ccc2c(c1)OCO2)c1cn[nH]c1-c1ccc(F)cc1. The van der Waals surface area contributed by atoms with Gasteiger partial charge in [-0.05, 0) is 42.0 Å². The molecule has 6 nitrogen and oxygen atoms in total. The number of nitrogens with zero attached hydrogens (tertiary/aromatic N) is 1. The van der Waals surface area contributed by atoms with Crippen LogP contribution in [0.3, 0.4) is 0 Å². The minimum absolute atomic E-state index is 0.210. The molecule has 2 aromatic carbocycles. The summed E-state index contributed by atoms with van der Waals surface area (Å²) in [6.07, 6.45) is 1.45. The Labute approximate surface area is 142 Å². The summed E-state index contributed by atoms with van der Waals surface area (Å²) >= 11 is 0. The van der Waals surface area contributed by atoms with Crippen LogP contribution in [0.4, 0.5) is 4.39 Å². The van der Waals surface area contributed by atoms with Crippen molar-refractivity contribution in [2.75, 3.05) is 6.79 Å². The van der Waals surface area contributed by atoms with Crippen molar-refractivity contribution in [3.63, 3.8) is 0 Å². The summed E-state index contributed by atoms with van der Waals surface area (Å²) in [4.78, 5) is 12.5. The normalized spacial score (nSPS) is 12.2. The molecule has 0 bridgehead atoms. The second-order valence-corrected chi connectivity index (χ2v) is 5.54. The van der Waals surface area contributed by atoms with Crippen molar-refractivity contribution >= 4 is 5.91 Å². The van der Waals surface area contributed by atoms with Crippen molar-refractivity contribution in [3.8, 4) is 22.8 Å². The second kappa shape index (κ2) is 6.27. The van der Waals surface area contributed by atoms with Crippen LogP contribution in [0.1, 0.15) is 15.9 Å². The highest BCUT2D eigenvalue weighted by Gasteiger charge is 2.16. The minimum Gasteiger partial charge on any atom is -0.454 e. The molecule has 0 saturated carbocycles. The zero-order valence-corrected chi connectivity index (χ0v) is 13.1. The molecular weight excluding hydrogens is 325 g/mol. The van der Waals surface area contributed by atoms with Gasteiger partial charge in [0.15, 0.2) is 11.5 Å². The maximum absolute atomic E-state index is 13.1. The van der Waals surface area contributed by atoms with Crippen LogP contribution in [0.15, 0.2) is 48.7 Å². The average molecular weight is 339 g/mol. The molecule has 0 unspecified atom stereocenters. The van der Waals surface area contributed by atoms with Crippen LogP contribution in [-0.4, -0.2) is 22.9 Å². The molecule has 1 aliphatic rings. The van der Waals surface area contributed by atoms with Crippen molar-refractivity contribution in [1.82, 2.24) is 15.5 Å². The number of aromatic nitrogens is 2. The predicted molar refractivity (Wildman–Crippen MR) is 87.7 cm³/mol. The fraction of sp³-hybridized carbons (Fsp3) is 0.111. The molecule has 25 heavy (non-hydrogen) atoms. The standard InChI is InChI=1S/C18H14FN3O3/c19-13-4-2-12(3-5-13)17-14(9-21-22-17)18(23)20-8-11-1-6-15-16(7-11)25-10-24-15/h1-7,9H,8,10H2,(H,20,23)(H,21,22). The van der Waals surface area contributed by atoms with Crippen molar-refractivity contribution in [2.45, 2.75) is 6.54 Å². The molecule has 0 spiro atoms. The number of H-pyrrole nitrogens is 1. The van der Waals surface area contributed by atoms with Crippen molar-refractivity contribution in [3.05, 3.63) is 65.6 Å². The summed E-state index contributed by atoms with van der Waals surface area (Å²) in [7, 11) is 0. The number of nitrogens with one attached hydrogen (secondary N) is 2.